The summed E-state index contributed by atoms with van der Waals surface area (Å²) in [5, 5.41) is 6.96. The minimum atomic E-state index is -4.29. The molecule has 17 heavy (non-hydrogen) atoms. The Balaban J connectivity index is 2.48. The van der Waals surface area contributed by atoms with E-state index < -0.39 is 12.8 Å². The molecule has 0 amide bonds. The number of ether oxygens (including phenoxy) is 1. The third-order valence-corrected chi connectivity index (χ3v) is 2.28. The molecule has 7 heteroatoms. The molecule has 0 radical (unpaired) electrons. The van der Waals surface area contributed by atoms with Crippen molar-refractivity contribution >= 4 is 0 Å². The summed E-state index contributed by atoms with van der Waals surface area (Å²) < 4.78 is 42.1. The highest BCUT2D eigenvalue weighted by molar-refractivity contribution is 5.10. The lowest BCUT2D eigenvalue weighted by Crippen LogP contribution is -2.25. The molecule has 1 atom stereocenters. The summed E-state index contributed by atoms with van der Waals surface area (Å²) in [6, 6.07) is -0.280. The van der Waals surface area contributed by atoms with E-state index in [1.807, 2.05) is 6.92 Å². The lowest BCUT2D eigenvalue weighted by molar-refractivity contribution is -0.175. The number of likely N-dealkylation sites (N-methyl/N-ethyl adjacent to an activating group) is 1. The summed E-state index contributed by atoms with van der Waals surface area (Å²) in [6.07, 6.45) is -0.869. The van der Waals surface area contributed by atoms with Gasteiger partial charge in [-0.3, -0.25) is 4.68 Å². The van der Waals surface area contributed by atoms with E-state index in [0.29, 0.717) is 0 Å². The van der Waals surface area contributed by atoms with Crippen molar-refractivity contribution in [3.05, 3.63) is 18.0 Å². The SMILES string of the molecule is CCn1cc(C(COCC(F)(F)F)NC)cn1. The maximum atomic E-state index is 11.9. The van der Waals surface area contributed by atoms with Gasteiger partial charge in [-0.1, -0.05) is 0 Å². The van der Waals surface area contributed by atoms with E-state index >= 15 is 0 Å². The highest BCUT2D eigenvalue weighted by Gasteiger charge is 2.28. The number of hydrogen-bond acceptors (Lipinski definition) is 3. The third-order valence-electron chi connectivity index (χ3n) is 2.28. The molecule has 0 aliphatic carbocycles. The van der Waals surface area contributed by atoms with Crippen LogP contribution in [0.15, 0.2) is 12.4 Å². The van der Waals surface area contributed by atoms with Gasteiger partial charge in [0.15, 0.2) is 0 Å². The average molecular weight is 251 g/mol. The number of hydrogen-bond donors (Lipinski definition) is 1. The first kappa shape index (κ1) is 14.0. The molecule has 0 aliphatic heterocycles. The van der Waals surface area contributed by atoms with Crippen LogP contribution in [0.25, 0.3) is 0 Å². The quantitative estimate of drug-likeness (QED) is 0.837. The summed E-state index contributed by atoms with van der Waals surface area (Å²) in [4.78, 5) is 0. The molecule has 1 aromatic rings. The van der Waals surface area contributed by atoms with Crippen LogP contribution in [0.2, 0.25) is 0 Å². The maximum absolute atomic E-state index is 11.9. The first-order valence-electron chi connectivity index (χ1n) is 5.30. The fourth-order valence-corrected chi connectivity index (χ4v) is 1.37. The predicted molar refractivity (Wildman–Crippen MR) is 56.6 cm³/mol. The van der Waals surface area contributed by atoms with Crippen molar-refractivity contribution in [1.82, 2.24) is 15.1 Å². The Morgan fingerprint density at radius 1 is 1.53 bits per heavy atom. The van der Waals surface area contributed by atoms with E-state index in [9.17, 15) is 13.2 Å². The fourth-order valence-electron chi connectivity index (χ4n) is 1.37. The first-order valence-corrected chi connectivity index (χ1v) is 5.30. The second kappa shape index (κ2) is 6.02. The molecule has 0 aliphatic rings. The van der Waals surface area contributed by atoms with Gasteiger partial charge in [-0.05, 0) is 14.0 Å². The van der Waals surface area contributed by atoms with Crippen LogP contribution < -0.4 is 5.32 Å². The second-order valence-electron chi connectivity index (χ2n) is 3.60. The van der Waals surface area contributed by atoms with E-state index in [1.165, 1.54) is 0 Å². The number of alkyl halides is 3. The predicted octanol–water partition coefficient (Wildman–Crippen LogP) is 1.74. The summed E-state index contributed by atoms with van der Waals surface area (Å²) in [5.74, 6) is 0. The smallest absolute Gasteiger partial charge is 0.370 e. The Labute approximate surface area is 97.8 Å². The summed E-state index contributed by atoms with van der Waals surface area (Å²) in [5.41, 5.74) is 0.816. The largest absolute Gasteiger partial charge is 0.411 e. The zero-order valence-electron chi connectivity index (χ0n) is 9.79. The lowest BCUT2D eigenvalue weighted by atomic mass is 10.2. The molecule has 4 nitrogen and oxygen atoms in total. The molecule has 0 fully saturated rings. The molecule has 0 saturated heterocycles. The van der Waals surface area contributed by atoms with Gasteiger partial charge >= 0.3 is 6.18 Å². The van der Waals surface area contributed by atoms with Gasteiger partial charge in [-0.25, -0.2) is 0 Å². The summed E-state index contributed by atoms with van der Waals surface area (Å²) in [6.45, 7) is 1.39. The van der Waals surface area contributed by atoms with Crippen LogP contribution in [0.5, 0.6) is 0 Å². The van der Waals surface area contributed by atoms with Gasteiger partial charge in [-0.2, -0.15) is 18.3 Å². The van der Waals surface area contributed by atoms with Gasteiger partial charge in [-0.15, -0.1) is 0 Å². The normalized spacial score (nSPS) is 13.9. The molecule has 1 rings (SSSR count). The van der Waals surface area contributed by atoms with Gasteiger partial charge in [0, 0.05) is 18.3 Å². The third kappa shape index (κ3) is 4.74. The number of rotatable bonds is 6. The standard InChI is InChI=1S/C10H16F3N3O/c1-3-16-5-8(4-15-16)9(14-2)6-17-7-10(11,12)13/h4-5,9,14H,3,6-7H2,1-2H3. The number of aromatic nitrogens is 2. The molecule has 98 valence electrons. The van der Waals surface area contributed by atoms with Crippen LogP contribution in [0.4, 0.5) is 13.2 Å². The highest BCUT2D eigenvalue weighted by Crippen LogP contribution is 2.17. The monoisotopic (exact) mass is 251 g/mol. The molecule has 1 N–H and O–H groups in total. The van der Waals surface area contributed by atoms with Crippen LogP contribution in [-0.4, -0.2) is 36.2 Å². The van der Waals surface area contributed by atoms with Crippen molar-refractivity contribution in [2.24, 2.45) is 0 Å². The zero-order valence-corrected chi connectivity index (χ0v) is 9.79. The van der Waals surface area contributed by atoms with Gasteiger partial charge in [0.2, 0.25) is 0 Å². The van der Waals surface area contributed by atoms with Crippen molar-refractivity contribution < 1.29 is 17.9 Å². The lowest BCUT2D eigenvalue weighted by Gasteiger charge is -2.15. The van der Waals surface area contributed by atoms with E-state index in [4.69, 9.17) is 0 Å². The molecular weight excluding hydrogens is 235 g/mol. The molecule has 0 spiro atoms. The molecule has 1 unspecified atom stereocenters. The number of nitrogens with zero attached hydrogens (tertiary/aromatic N) is 2. The first-order chi connectivity index (χ1) is 7.96. The van der Waals surface area contributed by atoms with Crippen molar-refractivity contribution in [3.63, 3.8) is 0 Å². The van der Waals surface area contributed by atoms with E-state index in [0.717, 1.165) is 12.1 Å². The van der Waals surface area contributed by atoms with Gasteiger partial charge in [0.1, 0.15) is 6.61 Å². The Hall–Kier alpha value is -1.08. The van der Waals surface area contributed by atoms with E-state index in [2.05, 4.69) is 15.2 Å². The minimum Gasteiger partial charge on any atom is -0.370 e. The molecular formula is C10H16F3N3O. The van der Waals surface area contributed by atoms with Crippen LogP contribution in [-0.2, 0) is 11.3 Å². The van der Waals surface area contributed by atoms with E-state index in [1.54, 1.807) is 24.1 Å². The fraction of sp³-hybridized carbons (Fsp3) is 0.700. The molecule has 1 heterocycles. The molecule has 1 aromatic heterocycles. The Morgan fingerprint density at radius 2 is 2.24 bits per heavy atom. The highest BCUT2D eigenvalue weighted by atomic mass is 19.4. The van der Waals surface area contributed by atoms with Gasteiger partial charge in [0.05, 0.1) is 18.8 Å². The van der Waals surface area contributed by atoms with Gasteiger partial charge in [0.25, 0.3) is 0 Å². The van der Waals surface area contributed by atoms with Crippen molar-refractivity contribution in [1.29, 1.82) is 0 Å². The Kier molecular flexibility index (Phi) is 4.95. The summed E-state index contributed by atoms with van der Waals surface area (Å²) >= 11 is 0. The molecule has 0 aromatic carbocycles. The van der Waals surface area contributed by atoms with Gasteiger partial charge < -0.3 is 10.1 Å². The minimum absolute atomic E-state index is 0.0363. The van der Waals surface area contributed by atoms with Crippen molar-refractivity contribution in [2.75, 3.05) is 20.3 Å². The Morgan fingerprint density at radius 3 is 2.71 bits per heavy atom. The average Bonchev–Trinajstić information content (AvgIpc) is 2.71. The van der Waals surface area contributed by atoms with Crippen molar-refractivity contribution in [3.8, 4) is 0 Å². The van der Waals surface area contributed by atoms with Crippen LogP contribution in [0.1, 0.15) is 18.5 Å². The topological polar surface area (TPSA) is 39.1 Å². The molecule has 0 saturated carbocycles. The number of nitrogens with one attached hydrogen (secondary N) is 1. The molecule has 0 bridgehead atoms. The van der Waals surface area contributed by atoms with Crippen LogP contribution >= 0.6 is 0 Å². The second-order valence-corrected chi connectivity index (χ2v) is 3.60. The van der Waals surface area contributed by atoms with Crippen LogP contribution in [0, 0.1) is 0 Å². The Bertz CT molecular complexity index is 338. The van der Waals surface area contributed by atoms with Crippen molar-refractivity contribution in [2.45, 2.75) is 25.7 Å². The maximum Gasteiger partial charge on any atom is 0.411 e. The number of halogens is 3. The zero-order chi connectivity index (χ0) is 12.9. The van der Waals surface area contributed by atoms with Crippen LogP contribution in [0.3, 0.4) is 0 Å². The van der Waals surface area contributed by atoms with E-state index in [-0.39, 0.29) is 12.6 Å². The summed E-state index contributed by atoms with van der Waals surface area (Å²) in [7, 11) is 1.67. The number of aryl methyl sites for hydroxylation is 1.